The molecule has 4 heteroatoms. The van der Waals surface area contributed by atoms with Crippen molar-refractivity contribution in [2.24, 2.45) is 0 Å². The van der Waals surface area contributed by atoms with Gasteiger partial charge < -0.3 is 0 Å². The molecule has 0 bridgehead atoms. The average Bonchev–Trinajstić information content (AvgIpc) is 2.85. The first-order valence-electron chi connectivity index (χ1n) is 7.77. The summed E-state index contributed by atoms with van der Waals surface area (Å²) in [6.07, 6.45) is 0. The quantitative estimate of drug-likeness (QED) is 0.527. The molecule has 0 aliphatic heterocycles. The number of pyridine rings is 2. The number of nitrogens with zero attached hydrogens (tertiary/aromatic N) is 4. The highest BCUT2D eigenvalue weighted by atomic mass is 15.3. The molecular formula is C19H18N4. The Bertz CT molecular complexity index is 1030. The summed E-state index contributed by atoms with van der Waals surface area (Å²) >= 11 is 0. The SMILES string of the molecule is Cc1ccc2ccc3ccc(Cn4nc(C)cc4C)nc3c2n1. The fourth-order valence-electron chi connectivity index (χ4n) is 2.98. The minimum Gasteiger partial charge on any atom is -0.264 e. The fourth-order valence-corrected chi connectivity index (χ4v) is 2.98. The molecule has 0 fully saturated rings. The van der Waals surface area contributed by atoms with Crippen LogP contribution in [0, 0.1) is 20.8 Å². The zero-order valence-electron chi connectivity index (χ0n) is 13.5. The molecule has 23 heavy (non-hydrogen) atoms. The van der Waals surface area contributed by atoms with Crippen LogP contribution in [0.15, 0.2) is 42.5 Å². The van der Waals surface area contributed by atoms with Gasteiger partial charge in [0.05, 0.1) is 29.0 Å². The van der Waals surface area contributed by atoms with Gasteiger partial charge in [-0.1, -0.05) is 24.3 Å². The Morgan fingerprint density at radius 2 is 1.43 bits per heavy atom. The molecule has 4 rings (SSSR count). The van der Waals surface area contributed by atoms with Crippen LogP contribution in [-0.2, 0) is 6.54 Å². The Morgan fingerprint density at radius 1 is 0.783 bits per heavy atom. The Balaban J connectivity index is 1.87. The average molecular weight is 302 g/mol. The molecule has 0 aliphatic carbocycles. The summed E-state index contributed by atoms with van der Waals surface area (Å²) in [6, 6.07) is 14.6. The minimum atomic E-state index is 0.678. The Hall–Kier alpha value is -2.75. The molecule has 114 valence electrons. The first-order valence-corrected chi connectivity index (χ1v) is 7.77. The van der Waals surface area contributed by atoms with E-state index >= 15 is 0 Å². The van der Waals surface area contributed by atoms with Gasteiger partial charge in [-0.3, -0.25) is 9.67 Å². The van der Waals surface area contributed by atoms with E-state index in [0.717, 1.165) is 44.6 Å². The Morgan fingerprint density at radius 3 is 2.13 bits per heavy atom. The van der Waals surface area contributed by atoms with Gasteiger partial charge >= 0.3 is 0 Å². The number of aromatic nitrogens is 4. The molecule has 1 aromatic carbocycles. The molecule has 0 unspecified atom stereocenters. The van der Waals surface area contributed by atoms with E-state index in [4.69, 9.17) is 4.98 Å². The molecule has 0 amide bonds. The van der Waals surface area contributed by atoms with E-state index in [9.17, 15) is 0 Å². The third kappa shape index (κ3) is 2.46. The lowest BCUT2D eigenvalue weighted by Crippen LogP contribution is -2.05. The molecule has 4 nitrogen and oxygen atoms in total. The van der Waals surface area contributed by atoms with Gasteiger partial charge in [0.15, 0.2) is 0 Å². The molecule has 0 N–H and O–H groups in total. The number of fused-ring (bicyclic) bond motifs is 3. The Labute approximate surface area is 134 Å². The lowest BCUT2D eigenvalue weighted by Gasteiger charge is -2.08. The smallest absolute Gasteiger partial charge is 0.0968 e. The van der Waals surface area contributed by atoms with Crippen molar-refractivity contribution < 1.29 is 0 Å². The maximum absolute atomic E-state index is 4.87. The number of aryl methyl sites for hydroxylation is 3. The van der Waals surface area contributed by atoms with E-state index in [-0.39, 0.29) is 0 Å². The predicted octanol–water partition coefficient (Wildman–Crippen LogP) is 3.95. The van der Waals surface area contributed by atoms with Crippen LogP contribution >= 0.6 is 0 Å². The number of rotatable bonds is 2. The largest absolute Gasteiger partial charge is 0.264 e. The lowest BCUT2D eigenvalue weighted by atomic mass is 10.1. The monoisotopic (exact) mass is 302 g/mol. The highest BCUT2D eigenvalue weighted by molar-refractivity contribution is 6.02. The van der Waals surface area contributed by atoms with Gasteiger partial charge in [-0.2, -0.15) is 5.10 Å². The van der Waals surface area contributed by atoms with Crippen LogP contribution in [0.5, 0.6) is 0 Å². The van der Waals surface area contributed by atoms with Gasteiger partial charge in [-0.15, -0.1) is 0 Å². The molecule has 3 aromatic heterocycles. The maximum atomic E-state index is 4.87. The summed E-state index contributed by atoms with van der Waals surface area (Å²) < 4.78 is 1.99. The molecule has 3 heterocycles. The van der Waals surface area contributed by atoms with Gasteiger partial charge in [0.2, 0.25) is 0 Å². The van der Waals surface area contributed by atoms with E-state index in [1.807, 2.05) is 24.6 Å². The van der Waals surface area contributed by atoms with Crippen molar-refractivity contribution in [2.75, 3.05) is 0 Å². The summed E-state index contributed by atoms with van der Waals surface area (Å²) in [7, 11) is 0. The second kappa shape index (κ2) is 5.16. The van der Waals surface area contributed by atoms with E-state index in [1.165, 1.54) is 0 Å². The molecule has 0 saturated heterocycles. The van der Waals surface area contributed by atoms with Crippen LogP contribution in [0.25, 0.3) is 21.8 Å². The molecule has 0 aliphatic rings. The first kappa shape index (κ1) is 13.9. The summed E-state index contributed by atoms with van der Waals surface area (Å²) in [5.74, 6) is 0. The lowest BCUT2D eigenvalue weighted by molar-refractivity contribution is 0.648. The van der Waals surface area contributed by atoms with Crippen molar-refractivity contribution in [3.05, 3.63) is 65.2 Å². The highest BCUT2D eigenvalue weighted by Gasteiger charge is 2.07. The molecule has 4 aromatic rings. The maximum Gasteiger partial charge on any atom is 0.0968 e. The third-order valence-electron chi connectivity index (χ3n) is 4.13. The Kier molecular flexibility index (Phi) is 3.11. The van der Waals surface area contributed by atoms with Crippen molar-refractivity contribution in [2.45, 2.75) is 27.3 Å². The zero-order valence-corrected chi connectivity index (χ0v) is 13.5. The summed E-state index contributed by atoms with van der Waals surface area (Å²) in [6.45, 7) is 6.77. The fraction of sp³-hybridized carbons (Fsp3) is 0.211. The second-order valence-corrected chi connectivity index (χ2v) is 6.05. The van der Waals surface area contributed by atoms with Gasteiger partial charge in [0.25, 0.3) is 0 Å². The summed E-state index contributed by atoms with van der Waals surface area (Å²) in [5, 5.41) is 6.77. The minimum absolute atomic E-state index is 0.678. The molecule has 0 atom stereocenters. The van der Waals surface area contributed by atoms with Crippen LogP contribution in [0.2, 0.25) is 0 Å². The molecule has 0 spiro atoms. The van der Waals surface area contributed by atoms with Gasteiger partial charge in [-0.25, -0.2) is 4.98 Å². The van der Waals surface area contributed by atoms with Crippen LogP contribution in [0.1, 0.15) is 22.8 Å². The van der Waals surface area contributed by atoms with Crippen molar-refractivity contribution in [1.82, 2.24) is 19.7 Å². The van der Waals surface area contributed by atoms with Crippen molar-refractivity contribution in [3.8, 4) is 0 Å². The molecule has 0 radical (unpaired) electrons. The third-order valence-corrected chi connectivity index (χ3v) is 4.13. The predicted molar refractivity (Wildman–Crippen MR) is 92.6 cm³/mol. The number of benzene rings is 1. The van der Waals surface area contributed by atoms with E-state index in [0.29, 0.717) is 6.54 Å². The van der Waals surface area contributed by atoms with Crippen molar-refractivity contribution in [3.63, 3.8) is 0 Å². The van der Waals surface area contributed by atoms with Crippen LogP contribution in [0.4, 0.5) is 0 Å². The van der Waals surface area contributed by atoms with Crippen LogP contribution < -0.4 is 0 Å². The van der Waals surface area contributed by atoms with Crippen molar-refractivity contribution >= 4 is 21.8 Å². The normalized spacial score (nSPS) is 11.4. The van der Waals surface area contributed by atoms with E-state index in [1.54, 1.807) is 0 Å². The topological polar surface area (TPSA) is 43.6 Å². The van der Waals surface area contributed by atoms with Crippen LogP contribution in [-0.4, -0.2) is 19.7 Å². The first-order chi connectivity index (χ1) is 11.1. The van der Waals surface area contributed by atoms with Gasteiger partial charge in [0.1, 0.15) is 0 Å². The summed E-state index contributed by atoms with van der Waals surface area (Å²) in [5.41, 5.74) is 6.13. The van der Waals surface area contributed by atoms with Crippen molar-refractivity contribution in [1.29, 1.82) is 0 Å². The second-order valence-electron chi connectivity index (χ2n) is 6.05. The standard InChI is InChI=1S/C19H18N4/c1-12-4-5-15-6-7-16-8-9-17(21-19(16)18(15)20-12)11-23-14(3)10-13(2)22-23/h4-10H,11H2,1-3H3. The highest BCUT2D eigenvalue weighted by Crippen LogP contribution is 2.23. The van der Waals surface area contributed by atoms with E-state index in [2.05, 4.69) is 53.4 Å². The summed E-state index contributed by atoms with van der Waals surface area (Å²) in [4.78, 5) is 9.56. The zero-order chi connectivity index (χ0) is 16.0. The van der Waals surface area contributed by atoms with Gasteiger partial charge in [0, 0.05) is 22.2 Å². The van der Waals surface area contributed by atoms with Gasteiger partial charge in [-0.05, 0) is 39.0 Å². The van der Waals surface area contributed by atoms with E-state index < -0.39 is 0 Å². The number of hydrogen-bond donors (Lipinski definition) is 0. The molecular weight excluding hydrogens is 284 g/mol. The van der Waals surface area contributed by atoms with Crippen LogP contribution in [0.3, 0.4) is 0 Å². The molecule has 0 saturated carbocycles. The number of hydrogen-bond acceptors (Lipinski definition) is 3.